The largest absolute Gasteiger partial charge is 0.373 e. The maximum atomic E-state index is 14.9. The maximum Gasteiger partial charge on any atom is 0.276 e. The van der Waals surface area contributed by atoms with Gasteiger partial charge in [0, 0.05) is 41.8 Å². The van der Waals surface area contributed by atoms with Gasteiger partial charge in [0.2, 0.25) is 0 Å². The van der Waals surface area contributed by atoms with Gasteiger partial charge >= 0.3 is 0 Å². The SMILES string of the molecule is Cc1nc2c(-c3ccc(F)cc3F)cc([C@H]3CCO[C@H](c4cnn(C5CC5)c4)C3)cn2c(=O)c1Cl. The number of hydrogen-bond donors (Lipinski definition) is 0. The van der Waals surface area contributed by atoms with Gasteiger partial charge in [-0.15, -0.1) is 0 Å². The first-order valence-corrected chi connectivity index (χ1v) is 12.1. The molecule has 1 aliphatic carbocycles. The molecule has 180 valence electrons. The van der Waals surface area contributed by atoms with Crippen molar-refractivity contribution in [3.05, 3.63) is 86.7 Å². The van der Waals surface area contributed by atoms with Crippen LogP contribution >= 0.6 is 11.6 Å². The minimum absolute atomic E-state index is 0.0162. The molecule has 2 atom stereocenters. The number of aromatic nitrogens is 4. The van der Waals surface area contributed by atoms with Gasteiger partial charge in [-0.25, -0.2) is 13.8 Å². The van der Waals surface area contributed by atoms with E-state index in [1.807, 2.05) is 16.9 Å². The molecule has 0 bridgehead atoms. The molecular formula is C26H23ClF2N4O2. The van der Waals surface area contributed by atoms with Crippen molar-refractivity contribution >= 4 is 17.2 Å². The molecule has 0 radical (unpaired) electrons. The molecule has 6 rings (SSSR count). The Morgan fingerprint density at radius 2 is 1.91 bits per heavy atom. The summed E-state index contributed by atoms with van der Waals surface area (Å²) in [5.74, 6) is -1.34. The van der Waals surface area contributed by atoms with Crippen LogP contribution in [0.5, 0.6) is 0 Å². The Balaban J connectivity index is 1.45. The van der Waals surface area contributed by atoms with E-state index in [-0.39, 0.29) is 28.3 Å². The van der Waals surface area contributed by atoms with Crippen molar-refractivity contribution in [3.63, 3.8) is 0 Å². The molecule has 1 aliphatic heterocycles. The molecule has 4 aromatic rings. The van der Waals surface area contributed by atoms with Gasteiger partial charge in [0.15, 0.2) is 0 Å². The van der Waals surface area contributed by atoms with Gasteiger partial charge in [0.25, 0.3) is 5.56 Å². The van der Waals surface area contributed by atoms with Gasteiger partial charge in [0.05, 0.1) is 24.0 Å². The van der Waals surface area contributed by atoms with Crippen molar-refractivity contribution in [2.75, 3.05) is 6.61 Å². The second kappa shape index (κ2) is 8.53. The highest BCUT2D eigenvalue weighted by Gasteiger charge is 2.30. The van der Waals surface area contributed by atoms with E-state index in [2.05, 4.69) is 16.3 Å². The fraction of sp³-hybridized carbons (Fsp3) is 0.346. The summed E-state index contributed by atoms with van der Waals surface area (Å²) in [6, 6.07) is 5.75. The van der Waals surface area contributed by atoms with Crippen LogP contribution in [0.25, 0.3) is 16.8 Å². The Labute approximate surface area is 205 Å². The van der Waals surface area contributed by atoms with E-state index in [1.165, 1.54) is 16.5 Å². The van der Waals surface area contributed by atoms with Crippen LogP contribution in [0.4, 0.5) is 8.78 Å². The summed E-state index contributed by atoms with van der Waals surface area (Å²) >= 11 is 6.23. The zero-order valence-electron chi connectivity index (χ0n) is 19.0. The van der Waals surface area contributed by atoms with Crippen molar-refractivity contribution in [2.45, 2.75) is 50.7 Å². The van der Waals surface area contributed by atoms with E-state index < -0.39 is 17.2 Å². The molecule has 3 aromatic heterocycles. The lowest BCUT2D eigenvalue weighted by Crippen LogP contribution is -2.22. The van der Waals surface area contributed by atoms with E-state index in [0.29, 0.717) is 30.3 Å². The zero-order valence-corrected chi connectivity index (χ0v) is 19.8. The molecule has 1 aromatic carbocycles. The molecule has 1 saturated heterocycles. The number of fused-ring (bicyclic) bond motifs is 1. The summed E-state index contributed by atoms with van der Waals surface area (Å²) < 4.78 is 37.9. The van der Waals surface area contributed by atoms with Crippen molar-refractivity contribution < 1.29 is 13.5 Å². The third-order valence-corrected chi connectivity index (χ3v) is 7.38. The summed E-state index contributed by atoms with van der Waals surface area (Å²) in [6.07, 6.45) is 9.27. The standard InChI is InChI=1S/C26H23ClF2N4O2/c1-14-24(27)26(34)32-12-16(8-21(25(32)31-14)20-5-2-18(28)10-22(20)29)15-6-7-35-23(9-15)17-11-30-33(13-17)19-3-4-19/h2,5,8,10-13,15,19,23H,3-4,6-7,9H2,1H3/t15-,23-/m0/s1. The maximum absolute atomic E-state index is 14.9. The van der Waals surface area contributed by atoms with Gasteiger partial charge in [-0.3, -0.25) is 13.9 Å². The molecule has 0 amide bonds. The quantitative estimate of drug-likeness (QED) is 0.360. The lowest BCUT2D eigenvalue weighted by atomic mass is 9.86. The third-order valence-electron chi connectivity index (χ3n) is 6.95. The summed E-state index contributed by atoms with van der Waals surface area (Å²) in [5, 5.41) is 4.50. The predicted octanol–water partition coefficient (Wildman–Crippen LogP) is 5.77. The van der Waals surface area contributed by atoms with E-state index >= 15 is 0 Å². The number of benzene rings is 1. The number of ether oxygens (including phenoxy) is 1. The van der Waals surface area contributed by atoms with Crippen molar-refractivity contribution in [1.82, 2.24) is 19.2 Å². The zero-order chi connectivity index (χ0) is 24.3. The first-order valence-electron chi connectivity index (χ1n) is 11.7. The predicted molar refractivity (Wildman–Crippen MR) is 128 cm³/mol. The van der Waals surface area contributed by atoms with Crippen LogP contribution in [0.1, 0.15) is 60.6 Å². The van der Waals surface area contributed by atoms with E-state index in [1.54, 1.807) is 13.1 Å². The monoisotopic (exact) mass is 496 g/mol. The average Bonchev–Trinajstić information content (AvgIpc) is 3.59. The van der Waals surface area contributed by atoms with Crippen molar-refractivity contribution in [3.8, 4) is 11.1 Å². The van der Waals surface area contributed by atoms with E-state index in [4.69, 9.17) is 16.3 Å². The second-order valence-electron chi connectivity index (χ2n) is 9.39. The van der Waals surface area contributed by atoms with Gasteiger partial charge in [-0.05, 0) is 62.3 Å². The first-order chi connectivity index (χ1) is 16.9. The fourth-order valence-electron chi connectivity index (χ4n) is 4.86. The van der Waals surface area contributed by atoms with Gasteiger partial charge in [-0.2, -0.15) is 5.10 Å². The van der Waals surface area contributed by atoms with Crippen LogP contribution in [-0.2, 0) is 4.74 Å². The van der Waals surface area contributed by atoms with E-state index in [9.17, 15) is 13.6 Å². The smallest absolute Gasteiger partial charge is 0.276 e. The number of nitrogens with zero attached hydrogens (tertiary/aromatic N) is 4. The molecular weight excluding hydrogens is 474 g/mol. The molecule has 6 nitrogen and oxygen atoms in total. The average molecular weight is 497 g/mol. The molecule has 0 N–H and O–H groups in total. The normalized spacial score (nSPS) is 20.5. The Bertz CT molecular complexity index is 1510. The second-order valence-corrected chi connectivity index (χ2v) is 9.76. The van der Waals surface area contributed by atoms with Gasteiger partial charge in [-0.1, -0.05) is 11.6 Å². The van der Waals surface area contributed by atoms with Gasteiger partial charge in [0.1, 0.15) is 22.3 Å². The Kier molecular flexibility index (Phi) is 5.45. The lowest BCUT2D eigenvalue weighted by molar-refractivity contribution is 0.00516. The van der Waals surface area contributed by atoms with Crippen LogP contribution in [0.2, 0.25) is 5.02 Å². The number of pyridine rings is 1. The summed E-state index contributed by atoms with van der Waals surface area (Å²) in [6.45, 7) is 2.18. The highest BCUT2D eigenvalue weighted by molar-refractivity contribution is 6.31. The van der Waals surface area contributed by atoms with Crippen molar-refractivity contribution in [1.29, 1.82) is 0 Å². The minimum atomic E-state index is -0.719. The van der Waals surface area contributed by atoms with Crippen LogP contribution in [-0.4, -0.2) is 25.8 Å². The number of halogens is 3. The van der Waals surface area contributed by atoms with Crippen LogP contribution < -0.4 is 5.56 Å². The molecule has 1 saturated carbocycles. The van der Waals surface area contributed by atoms with Crippen LogP contribution in [0.3, 0.4) is 0 Å². The van der Waals surface area contributed by atoms with Crippen LogP contribution in [0.15, 0.2) is 47.7 Å². The fourth-order valence-corrected chi connectivity index (χ4v) is 5.00. The first kappa shape index (κ1) is 22.4. The lowest BCUT2D eigenvalue weighted by Gasteiger charge is -2.30. The van der Waals surface area contributed by atoms with Crippen molar-refractivity contribution in [2.24, 2.45) is 0 Å². The molecule has 35 heavy (non-hydrogen) atoms. The van der Waals surface area contributed by atoms with E-state index in [0.717, 1.165) is 36.5 Å². The summed E-state index contributed by atoms with van der Waals surface area (Å²) in [4.78, 5) is 17.6. The highest BCUT2D eigenvalue weighted by Crippen LogP contribution is 2.41. The molecule has 2 aliphatic rings. The number of aryl methyl sites for hydroxylation is 1. The third kappa shape index (κ3) is 4.04. The van der Waals surface area contributed by atoms with Gasteiger partial charge < -0.3 is 4.74 Å². The highest BCUT2D eigenvalue weighted by atomic mass is 35.5. The molecule has 4 heterocycles. The summed E-state index contributed by atoms with van der Waals surface area (Å²) in [7, 11) is 0. The Hall–Kier alpha value is -3.10. The molecule has 0 spiro atoms. The molecule has 0 unspecified atom stereocenters. The molecule has 2 fully saturated rings. The van der Waals surface area contributed by atoms with Crippen LogP contribution in [0, 0.1) is 18.6 Å². The minimum Gasteiger partial charge on any atom is -0.373 e. The Morgan fingerprint density at radius 1 is 1.09 bits per heavy atom. The topological polar surface area (TPSA) is 61.4 Å². The number of rotatable bonds is 4. The Morgan fingerprint density at radius 3 is 2.69 bits per heavy atom. The summed E-state index contributed by atoms with van der Waals surface area (Å²) in [5.41, 5.74) is 2.68. The number of hydrogen-bond acceptors (Lipinski definition) is 4. The molecule has 9 heteroatoms.